The number of nitrogens with one attached hydrogen (secondary N) is 1. The van der Waals surface area contributed by atoms with E-state index in [2.05, 4.69) is 5.32 Å². The minimum absolute atomic E-state index is 0.0588. The van der Waals surface area contributed by atoms with Crippen LogP contribution in [0, 0.1) is 5.92 Å². The summed E-state index contributed by atoms with van der Waals surface area (Å²) >= 11 is 12.2. The predicted octanol–water partition coefficient (Wildman–Crippen LogP) is 4.61. The fraction of sp³-hybridized carbons (Fsp3) is 0.500. The van der Waals surface area contributed by atoms with Crippen LogP contribution in [-0.4, -0.2) is 5.91 Å². The first-order chi connectivity index (χ1) is 8.66. The van der Waals surface area contributed by atoms with Gasteiger partial charge in [-0.15, -0.1) is 0 Å². The number of hydrogen-bond acceptors (Lipinski definition) is 1. The van der Waals surface area contributed by atoms with Gasteiger partial charge in [0.1, 0.15) is 0 Å². The topological polar surface area (TPSA) is 29.1 Å². The molecule has 1 saturated carbocycles. The van der Waals surface area contributed by atoms with Crippen molar-refractivity contribution in [3.63, 3.8) is 0 Å². The van der Waals surface area contributed by atoms with Crippen molar-refractivity contribution in [3.8, 4) is 0 Å². The molecule has 1 unspecified atom stereocenters. The molecule has 0 spiro atoms. The van der Waals surface area contributed by atoms with E-state index >= 15 is 0 Å². The lowest BCUT2D eigenvalue weighted by Crippen LogP contribution is -2.22. The monoisotopic (exact) mass is 283 g/mol. The minimum Gasteiger partial charge on any atom is -0.324 e. The Kier molecular flexibility index (Phi) is 3.25. The van der Waals surface area contributed by atoms with E-state index < -0.39 is 0 Å². The summed E-state index contributed by atoms with van der Waals surface area (Å²) in [6, 6.07) is 3.57. The van der Waals surface area contributed by atoms with E-state index in [-0.39, 0.29) is 11.8 Å². The van der Waals surface area contributed by atoms with Crippen molar-refractivity contribution in [2.45, 2.75) is 38.0 Å². The highest BCUT2D eigenvalue weighted by Gasteiger charge is 2.38. The SMILES string of the molecule is O=C1Nc2c(Cl)cc(Cl)cc2C1C1CCCCC1. The Hall–Kier alpha value is -0.730. The number of benzene rings is 1. The van der Waals surface area contributed by atoms with Crippen LogP contribution in [0.3, 0.4) is 0 Å². The zero-order chi connectivity index (χ0) is 12.7. The van der Waals surface area contributed by atoms with E-state index in [1.54, 1.807) is 6.07 Å². The number of amides is 1. The normalized spacial score (nSPS) is 23.9. The van der Waals surface area contributed by atoms with Crippen LogP contribution < -0.4 is 5.32 Å². The molecule has 4 heteroatoms. The molecule has 2 nitrogen and oxygen atoms in total. The molecule has 1 aromatic rings. The standard InChI is InChI=1S/C14H15Cl2NO/c15-9-6-10-12(8-4-2-1-3-5-8)14(18)17-13(10)11(16)7-9/h6-8,12H,1-5H2,(H,17,18). The van der Waals surface area contributed by atoms with Crippen LogP contribution in [0.25, 0.3) is 0 Å². The molecule has 0 aromatic heterocycles. The summed E-state index contributed by atoms with van der Waals surface area (Å²) in [4.78, 5) is 12.2. The van der Waals surface area contributed by atoms with Gasteiger partial charge in [-0.3, -0.25) is 4.79 Å². The van der Waals surface area contributed by atoms with Crippen molar-refractivity contribution in [1.29, 1.82) is 0 Å². The molecule has 3 rings (SSSR count). The summed E-state index contributed by atoms with van der Waals surface area (Å²) < 4.78 is 0. The van der Waals surface area contributed by atoms with Gasteiger partial charge < -0.3 is 5.32 Å². The van der Waals surface area contributed by atoms with Crippen LogP contribution >= 0.6 is 23.2 Å². The van der Waals surface area contributed by atoms with Gasteiger partial charge in [-0.25, -0.2) is 0 Å². The van der Waals surface area contributed by atoms with Gasteiger partial charge in [-0.1, -0.05) is 42.5 Å². The molecular weight excluding hydrogens is 269 g/mol. The number of hydrogen-bond donors (Lipinski definition) is 1. The van der Waals surface area contributed by atoms with Crippen molar-refractivity contribution in [2.75, 3.05) is 5.32 Å². The van der Waals surface area contributed by atoms with Crippen LogP contribution in [0.4, 0.5) is 5.69 Å². The lowest BCUT2D eigenvalue weighted by atomic mass is 9.77. The third-order valence-electron chi connectivity index (χ3n) is 4.07. The molecule has 1 aliphatic heterocycles. The number of halogens is 2. The molecule has 1 aromatic carbocycles. The van der Waals surface area contributed by atoms with E-state index in [9.17, 15) is 4.79 Å². The lowest BCUT2D eigenvalue weighted by molar-refractivity contribution is -0.118. The zero-order valence-electron chi connectivity index (χ0n) is 10.0. The van der Waals surface area contributed by atoms with Gasteiger partial charge in [0, 0.05) is 5.02 Å². The van der Waals surface area contributed by atoms with E-state index in [1.165, 1.54) is 19.3 Å². The highest BCUT2D eigenvalue weighted by molar-refractivity contribution is 6.37. The Labute approximate surface area is 117 Å². The minimum atomic E-state index is -0.0588. The molecule has 18 heavy (non-hydrogen) atoms. The third-order valence-corrected chi connectivity index (χ3v) is 4.59. The molecule has 1 aliphatic carbocycles. The Bertz CT molecular complexity index is 495. The van der Waals surface area contributed by atoms with Gasteiger partial charge in [0.2, 0.25) is 5.91 Å². The van der Waals surface area contributed by atoms with Crippen LogP contribution in [0.5, 0.6) is 0 Å². The lowest BCUT2D eigenvalue weighted by Gasteiger charge is -2.26. The van der Waals surface area contributed by atoms with Gasteiger partial charge >= 0.3 is 0 Å². The quantitative estimate of drug-likeness (QED) is 0.801. The highest BCUT2D eigenvalue weighted by atomic mass is 35.5. The summed E-state index contributed by atoms with van der Waals surface area (Å²) in [5.74, 6) is 0.465. The zero-order valence-corrected chi connectivity index (χ0v) is 11.5. The van der Waals surface area contributed by atoms with Gasteiger partial charge in [0.15, 0.2) is 0 Å². The summed E-state index contributed by atoms with van der Waals surface area (Å²) in [6.07, 6.45) is 5.98. The average Bonchev–Trinajstić information content (AvgIpc) is 2.67. The summed E-state index contributed by atoms with van der Waals surface area (Å²) in [5.41, 5.74) is 1.76. The second-order valence-corrected chi connectivity index (χ2v) is 6.06. The Morgan fingerprint density at radius 2 is 1.83 bits per heavy atom. The van der Waals surface area contributed by atoms with Crippen molar-refractivity contribution >= 4 is 34.8 Å². The van der Waals surface area contributed by atoms with Gasteiger partial charge in [0.05, 0.1) is 16.6 Å². The largest absolute Gasteiger partial charge is 0.324 e. The fourth-order valence-electron chi connectivity index (χ4n) is 3.25. The highest BCUT2D eigenvalue weighted by Crippen LogP contribution is 2.46. The Balaban J connectivity index is 2.00. The molecule has 1 amide bonds. The second kappa shape index (κ2) is 4.75. The van der Waals surface area contributed by atoms with Crippen LogP contribution in [0.2, 0.25) is 10.0 Å². The molecular formula is C14H15Cl2NO. The molecule has 1 N–H and O–H groups in total. The maximum Gasteiger partial charge on any atom is 0.232 e. The van der Waals surface area contributed by atoms with E-state index in [0.29, 0.717) is 16.0 Å². The first-order valence-electron chi connectivity index (χ1n) is 6.46. The molecule has 96 valence electrons. The Morgan fingerprint density at radius 1 is 1.11 bits per heavy atom. The molecule has 1 heterocycles. The van der Waals surface area contributed by atoms with Crippen molar-refractivity contribution in [1.82, 2.24) is 0 Å². The molecule has 1 atom stereocenters. The first kappa shape index (κ1) is 12.3. The van der Waals surface area contributed by atoms with Gasteiger partial charge in [-0.05, 0) is 36.5 Å². The number of anilines is 1. The van der Waals surface area contributed by atoms with E-state index in [0.717, 1.165) is 24.1 Å². The Morgan fingerprint density at radius 3 is 2.56 bits per heavy atom. The molecule has 0 saturated heterocycles. The number of carbonyl (C=O) groups is 1. The predicted molar refractivity (Wildman–Crippen MR) is 74.4 cm³/mol. The van der Waals surface area contributed by atoms with E-state index in [1.807, 2.05) is 6.07 Å². The number of carbonyl (C=O) groups excluding carboxylic acids is 1. The summed E-state index contributed by atoms with van der Waals surface area (Å²) in [5, 5.41) is 4.06. The summed E-state index contributed by atoms with van der Waals surface area (Å²) in [7, 11) is 0. The van der Waals surface area contributed by atoms with Gasteiger partial charge in [-0.2, -0.15) is 0 Å². The van der Waals surface area contributed by atoms with Gasteiger partial charge in [0.25, 0.3) is 0 Å². The summed E-state index contributed by atoms with van der Waals surface area (Å²) in [6.45, 7) is 0. The number of fused-ring (bicyclic) bond motifs is 1. The molecule has 0 radical (unpaired) electrons. The maximum absolute atomic E-state index is 12.2. The average molecular weight is 284 g/mol. The second-order valence-electron chi connectivity index (χ2n) is 5.22. The van der Waals surface area contributed by atoms with Crippen molar-refractivity contribution < 1.29 is 4.79 Å². The molecule has 2 aliphatic rings. The smallest absolute Gasteiger partial charge is 0.232 e. The van der Waals surface area contributed by atoms with Crippen LogP contribution in [0.15, 0.2) is 12.1 Å². The molecule has 1 fully saturated rings. The molecule has 0 bridgehead atoms. The van der Waals surface area contributed by atoms with E-state index in [4.69, 9.17) is 23.2 Å². The first-order valence-corrected chi connectivity index (χ1v) is 7.22. The number of rotatable bonds is 1. The third kappa shape index (κ3) is 2.02. The fourth-order valence-corrected chi connectivity index (χ4v) is 3.80. The van der Waals surface area contributed by atoms with Crippen molar-refractivity contribution in [3.05, 3.63) is 27.7 Å². The van der Waals surface area contributed by atoms with Crippen LogP contribution in [0.1, 0.15) is 43.6 Å². The van der Waals surface area contributed by atoms with Crippen LogP contribution in [-0.2, 0) is 4.79 Å². The maximum atomic E-state index is 12.2. The van der Waals surface area contributed by atoms with Crippen molar-refractivity contribution in [2.24, 2.45) is 5.92 Å².